The Morgan fingerprint density at radius 2 is 1.41 bits per heavy atom. The maximum atomic E-state index is 13.6. The highest BCUT2D eigenvalue weighted by Crippen LogP contribution is 2.33. The van der Waals surface area contributed by atoms with Crippen LogP contribution in [0.15, 0.2) is 84.6 Å². The fourth-order valence-electron chi connectivity index (χ4n) is 3.90. The van der Waals surface area contributed by atoms with Gasteiger partial charge in [-0.2, -0.15) is 0 Å². The first-order chi connectivity index (χ1) is 15.5. The number of nitrogens with zero attached hydrogens (tertiary/aromatic N) is 3. The van der Waals surface area contributed by atoms with E-state index in [0.29, 0.717) is 10.8 Å². The highest BCUT2D eigenvalue weighted by Gasteiger charge is 2.39. The maximum Gasteiger partial charge on any atom is 0.281 e. The molecule has 0 N–H and O–H groups in total. The first-order valence-corrected chi connectivity index (χ1v) is 11.3. The van der Waals surface area contributed by atoms with E-state index >= 15 is 0 Å². The van der Waals surface area contributed by atoms with E-state index in [0.717, 1.165) is 35.6 Å². The topological polar surface area (TPSA) is 26.8 Å². The van der Waals surface area contributed by atoms with Crippen LogP contribution in [0.2, 0.25) is 0 Å². The van der Waals surface area contributed by atoms with Crippen LogP contribution in [-0.2, 0) is 4.79 Å². The molecule has 1 fully saturated rings. The summed E-state index contributed by atoms with van der Waals surface area (Å²) < 4.78 is 0. The molecule has 3 aromatic carbocycles. The lowest BCUT2D eigenvalue weighted by Gasteiger charge is -2.21. The van der Waals surface area contributed by atoms with Gasteiger partial charge in [-0.15, -0.1) is 0 Å². The number of carbonyl (C=O) groups is 1. The van der Waals surface area contributed by atoms with Crippen LogP contribution >= 0.6 is 12.2 Å². The number of carbonyl (C=O) groups excluding carboxylic acids is 1. The fraction of sp³-hybridized carbons (Fsp3) is 0.185. The van der Waals surface area contributed by atoms with Crippen LogP contribution < -0.4 is 14.7 Å². The third kappa shape index (κ3) is 4.16. The second kappa shape index (κ2) is 9.37. The van der Waals surface area contributed by atoms with Crippen LogP contribution in [0.25, 0.3) is 6.08 Å². The van der Waals surface area contributed by atoms with Crippen LogP contribution in [0, 0.1) is 6.92 Å². The standard InChI is InChI=1S/C27H27N3OS/c1-4-28(5-2)22-17-13-21(14-18-22)19-25-26(31)30(23-9-7-6-8-10-23)27(32)29(25)24-15-11-20(3)12-16-24/h6-19H,4-5H2,1-3H3/b25-19-. The Bertz CT molecular complexity index is 1130. The molecule has 162 valence electrons. The second-order valence-electron chi connectivity index (χ2n) is 7.72. The van der Waals surface area contributed by atoms with Gasteiger partial charge in [-0.1, -0.05) is 48.0 Å². The summed E-state index contributed by atoms with van der Waals surface area (Å²) >= 11 is 5.80. The summed E-state index contributed by atoms with van der Waals surface area (Å²) in [7, 11) is 0. The highest BCUT2D eigenvalue weighted by atomic mass is 32.1. The molecule has 5 heteroatoms. The van der Waals surface area contributed by atoms with E-state index in [2.05, 4.69) is 43.0 Å². The first-order valence-electron chi connectivity index (χ1n) is 10.9. The molecule has 4 rings (SSSR count). The molecule has 1 aliphatic heterocycles. The van der Waals surface area contributed by atoms with Gasteiger partial charge in [-0.25, -0.2) is 0 Å². The Kier molecular flexibility index (Phi) is 6.37. The molecule has 32 heavy (non-hydrogen) atoms. The third-order valence-electron chi connectivity index (χ3n) is 5.68. The van der Waals surface area contributed by atoms with Gasteiger partial charge in [0.2, 0.25) is 0 Å². The third-order valence-corrected chi connectivity index (χ3v) is 6.04. The van der Waals surface area contributed by atoms with Gasteiger partial charge < -0.3 is 4.90 Å². The highest BCUT2D eigenvalue weighted by molar-refractivity contribution is 7.81. The zero-order valence-corrected chi connectivity index (χ0v) is 19.5. The van der Waals surface area contributed by atoms with Crippen molar-refractivity contribution in [3.8, 4) is 0 Å². The molecule has 4 nitrogen and oxygen atoms in total. The molecule has 0 spiro atoms. The Labute approximate surface area is 195 Å². The van der Waals surface area contributed by atoms with Crippen molar-refractivity contribution in [1.29, 1.82) is 0 Å². The van der Waals surface area contributed by atoms with Crippen molar-refractivity contribution in [1.82, 2.24) is 0 Å². The summed E-state index contributed by atoms with van der Waals surface area (Å²) in [5, 5.41) is 0.455. The van der Waals surface area contributed by atoms with Gasteiger partial charge in [-0.05, 0) is 81.0 Å². The Balaban J connectivity index is 1.77. The molecular weight excluding hydrogens is 414 g/mol. The Morgan fingerprint density at radius 3 is 2.00 bits per heavy atom. The van der Waals surface area contributed by atoms with Crippen molar-refractivity contribution >= 4 is 46.4 Å². The summed E-state index contributed by atoms with van der Waals surface area (Å²) in [5.74, 6) is -0.130. The smallest absolute Gasteiger partial charge is 0.281 e. The van der Waals surface area contributed by atoms with Gasteiger partial charge in [0.1, 0.15) is 5.70 Å². The van der Waals surface area contributed by atoms with E-state index < -0.39 is 0 Å². The van der Waals surface area contributed by atoms with Gasteiger partial charge in [0.05, 0.1) is 5.69 Å². The summed E-state index contributed by atoms with van der Waals surface area (Å²) in [4.78, 5) is 19.3. The number of thiocarbonyl (C=S) groups is 1. The van der Waals surface area contributed by atoms with Crippen molar-refractivity contribution in [2.24, 2.45) is 0 Å². The predicted octanol–water partition coefficient (Wildman–Crippen LogP) is 6.02. The van der Waals surface area contributed by atoms with Crippen molar-refractivity contribution < 1.29 is 4.79 Å². The molecule has 3 aromatic rings. The summed E-state index contributed by atoms with van der Waals surface area (Å²) in [6.07, 6.45) is 1.92. The zero-order valence-electron chi connectivity index (χ0n) is 18.7. The maximum absolute atomic E-state index is 13.6. The van der Waals surface area contributed by atoms with Gasteiger partial charge in [-0.3, -0.25) is 14.6 Å². The number of aryl methyl sites for hydroxylation is 1. The monoisotopic (exact) mass is 441 g/mol. The predicted molar refractivity (Wildman–Crippen MR) is 138 cm³/mol. The normalized spacial score (nSPS) is 15.0. The van der Waals surface area contributed by atoms with E-state index in [-0.39, 0.29) is 5.91 Å². The number of rotatable bonds is 6. The number of hydrogen-bond acceptors (Lipinski definition) is 3. The van der Waals surface area contributed by atoms with Crippen molar-refractivity contribution in [3.05, 3.63) is 95.7 Å². The largest absolute Gasteiger partial charge is 0.372 e. The lowest BCUT2D eigenvalue weighted by Crippen LogP contribution is -2.32. The number of anilines is 3. The molecule has 0 aliphatic carbocycles. The van der Waals surface area contributed by atoms with Gasteiger partial charge >= 0.3 is 0 Å². The molecule has 0 atom stereocenters. The van der Waals surface area contributed by atoms with Gasteiger partial charge in [0, 0.05) is 24.5 Å². The molecule has 1 aliphatic rings. The fourth-order valence-corrected chi connectivity index (χ4v) is 4.29. The second-order valence-corrected chi connectivity index (χ2v) is 8.09. The number of hydrogen-bond donors (Lipinski definition) is 0. The summed E-state index contributed by atoms with van der Waals surface area (Å²) in [5.41, 5.74) is 5.46. The van der Waals surface area contributed by atoms with E-state index in [4.69, 9.17) is 12.2 Å². The lowest BCUT2D eigenvalue weighted by atomic mass is 10.1. The number of para-hydroxylation sites is 1. The van der Waals surface area contributed by atoms with Crippen LogP contribution in [0.3, 0.4) is 0 Å². The molecule has 1 heterocycles. The molecule has 0 bridgehead atoms. The van der Waals surface area contributed by atoms with Crippen LogP contribution in [0.5, 0.6) is 0 Å². The summed E-state index contributed by atoms with van der Waals surface area (Å²) in [6.45, 7) is 8.25. The lowest BCUT2D eigenvalue weighted by molar-refractivity contribution is -0.113. The van der Waals surface area contributed by atoms with Gasteiger partial charge in [0.15, 0.2) is 5.11 Å². The van der Waals surface area contributed by atoms with Crippen LogP contribution in [0.4, 0.5) is 17.1 Å². The zero-order chi connectivity index (χ0) is 22.7. The average Bonchev–Trinajstić information content (AvgIpc) is 3.06. The minimum Gasteiger partial charge on any atom is -0.372 e. The first kappa shape index (κ1) is 21.8. The van der Waals surface area contributed by atoms with E-state index in [1.54, 1.807) is 4.90 Å². The van der Waals surface area contributed by atoms with Crippen LogP contribution in [-0.4, -0.2) is 24.1 Å². The molecule has 1 amide bonds. The Morgan fingerprint density at radius 1 is 0.812 bits per heavy atom. The van der Waals surface area contributed by atoms with Crippen molar-refractivity contribution in [2.45, 2.75) is 20.8 Å². The van der Waals surface area contributed by atoms with Crippen LogP contribution in [0.1, 0.15) is 25.0 Å². The van der Waals surface area contributed by atoms with E-state index in [1.165, 1.54) is 5.69 Å². The molecule has 0 aromatic heterocycles. The minimum atomic E-state index is -0.130. The van der Waals surface area contributed by atoms with Crippen molar-refractivity contribution in [2.75, 3.05) is 27.8 Å². The van der Waals surface area contributed by atoms with E-state index in [9.17, 15) is 4.79 Å². The number of benzene rings is 3. The van der Waals surface area contributed by atoms with Gasteiger partial charge in [0.25, 0.3) is 5.91 Å². The molecular formula is C27H27N3OS. The Hall–Kier alpha value is -3.44. The summed E-state index contributed by atoms with van der Waals surface area (Å²) in [6, 6.07) is 25.9. The molecule has 1 saturated heterocycles. The average molecular weight is 442 g/mol. The van der Waals surface area contributed by atoms with E-state index in [1.807, 2.05) is 72.5 Å². The molecule has 0 unspecified atom stereocenters. The quantitative estimate of drug-likeness (QED) is 0.345. The minimum absolute atomic E-state index is 0.130. The molecule has 0 saturated carbocycles. The number of amides is 1. The SMILES string of the molecule is CCN(CC)c1ccc(/C=C2/C(=O)N(c3ccccc3)C(=S)N2c2ccc(C)cc2)cc1. The molecule has 0 radical (unpaired) electrons. The van der Waals surface area contributed by atoms with Crippen molar-refractivity contribution in [3.63, 3.8) is 0 Å².